The van der Waals surface area contributed by atoms with E-state index in [0.717, 1.165) is 25.0 Å². The molecule has 0 amide bonds. The van der Waals surface area contributed by atoms with Crippen LogP contribution in [0.25, 0.3) is 0 Å². The summed E-state index contributed by atoms with van der Waals surface area (Å²) in [4.78, 5) is 4.06. The first kappa shape index (κ1) is 19.4. The lowest BCUT2D eigenvalue weighted by Gasteiger charge is -2.23. The van der Waals surface area contributed by atoms with Gasteiger partial charge in [0.15, 0.2) is 5.96 Å². The molecule has 0 radical (unpaired) electrons. The molecule has 0 heterocycles. The lowest BCUT2D eigenvalue weighted by molar-refractivity contribution is -0.137. The SMILES string of the molecule is NC(=NCC(O)COc1cccc(C(F)(F)F)c1)NC1CCCCC1. The van der Waals surface area contributed by atoms with Crippen LogP contribution in [0.15, 0.2) is 29.3 Å². The maximum atomic E-state index is 12.6. The molecule has 1 aliphatic rings. The van der Waals surface area contributed by atoms with Crippen LogP contribution in [-0.4, -0.2) is 36.4 Å². The van der Waals surface area contributed by atoms with Crippen LogP contribution in [-0.2, 0) is 6.18 Å². The van der Waals surface area contributed by atoms with Crippen molar-refractivity contribution in [2.24, 2.45) is 10.7 Å². The molecule has 2 rings (SSSR count). The number of nitrogens with one attached hydrogen (secondary N) is 1. The second kappa shape index (κ2) is 8.94. The van der Waals surface area contributed by atoms with E-state index >= 15 is 0 Å². The topological polar surface area (TPSA) is 79.9 Å². The van der Waals surface area contributed by atoms with E-state index < -0.39 is 17.8 Å². The fourth-order valence-electron chi connectivity index (χ4n) is 2.71. The van der Waals surface area contributed by atoms with Gasteiger partial charge in [0.1, 0.15) is 18.5 Å². The third-order valence-corrected chi connectivity index (χ3v) is 4.03. The van der Waals surface area contributed by atoms with Gasteiger partial charge in [-0.1, -0.05) is 25.3 Å². The van der Waals surface area contributed by atoms with Crippen LogP contribution >= 0.6 is 0 Å². The van der Waals surface area contributed by atoms with E-state index in [9.17, 15) is 18.3 Å². The Labute approximate surface area is 145 Å². The van der Waals surface area contributed by atoms with Crippen molar-refractivity contribution in [1.82, 2.24) is 5.32 Å². The van der Waals surface area contributed by atoms with Gasteiger partial charge in [-0.05, 0) is 31.0 Å². The Morgan fingerprint density at radius 1 is 1.32 bits per heavy atom. The number of nitrogens with two attached hydrogens (primary N) is 1. The number of aliphatic hydroxyl groups excluding tert-OH is 1. The third kappa shape index (κ3) is 6.81. The molecule has 140 valence electrons. The number of guanidine groups is 1. The van der Waals surface area contributed by atoms with Crippen LogP contribution in [0.5, 0.6) is 5.75 Å². The molecule has 1 atom stereocenters. The highest BCUT2D eigenvalue weighted by Gasteiger charge is 2.30. The van der Waals surface area contributed by atoms with Crippen LogP contribution in [0.3, 0.4) is 0 Å². The maximum absolute atomic E-state index is 12.6. The molecule has 1 unspecified atom stereocenters. The molecule has 0 aliphatic heterocycles. The van der Waals surface area contributed by atoms with Crippen LogP contribution in [0.1, 0.15) is 37.7 Å². The number of alkyl halides is 3. The summed E-state index contributed by atoms with van der Waals surface area (Å²) in [5.41, 5.74) is 5.00. The molecule has 1 aliphatic carbocycles. The van der Waals surface area contributed by atoms with Gasteiger partial charge in [0.05, 0.1) is 12.1 Å². The molecule has 4 N–H and O–H groups in total. The lowest BCUT2D eigenvalue weighted by Crippen LogP contribution is -2.41. The van der Waals surface area contributed by atoms with E-state index in [-0.39, 0.29) is 24.9 Å². The summed E-state index contributed by atoms with van der Waals surface area (Å²) in [7, 11) is 0. The highest BCUT2D eigenvalue weighted by Crippen LogP contribution is 2.31. The van der Waals surface area contributed by atoms with Crippen molar-refractivity contribution in [1.29, 1.82) is 0 Å². The monoisotopic (exact) mass is 359 g/mol. The van der Waals surface area contributed by atoms with E-state index in [1.165, 1.54) is 31.4 Å². The Kier molecular flexibility index (Phi) is 6.92. The van der Waals surface area contributed by atoms with E-state index in [4.69, 9.17) is 10.5 Å². The standard InChI is InChI=1S/C17H24F3N3O2/c18-17(19,20)12-5-4-8-15(9-12)25-11-14(24)10-22-16(21)23-13-6-2-1-3-7-13/h4-5,8-9,13-14,24H,1-3,6-7,10-11H2,(H3,21,22,23). The van der Waals surface area contributed by atoms with Crippen molar-refractivity contribution in [3.05, 3.63) is 29.8 Å². The third-order valence-electron chi connectivity index (χ3n) is 4.03. The molecule has 1 aromatic rings. The molecule has 0 saturated heterocycles. The number of rotatable bonds is 6. The Morgan fingerprint density at radius 2 is 2.04 bits per heavy atom. The highest BCUT2D eigenvalue weighted by molar-refractivity contribution is 5.78. The Morgan fingerprint density at radius 3 is 2.72 bits per heavy atom. The summed E-state index contributed by atoms with van der Waals surface area (Å²) < 4.78 is 43.1. The zero-order valence-corrected chi connectivity index (χ0v) is 13.9. The minimum absolute atomic E-state index is 0.0184. The summed E-state index contributed by atoms with van der Waals surface area (Å²) in [6.07, 6.45) is 0.287. The molecule has 1 aromatic carbocycles. The van der Waals surface area contributed by atoms with E-state index in [1.807, 2.05) is 0 Å². The van der Waals surface area contributed by atoms with Gasteiger partial charge >= 0.3 is 6.18 Å². The van der Waals surface area contributed by atoms with Gasteiger partial charge in [-0.2, -0.15) is 13.2 Å². The van der Waals surface area contributed by atoms with Gasteiger partial charge in [-0.15, -0.1) is 0 Å². The van der Waals surface area contributed by atoms with Gasteiger partial charge in [0, 0.05) is 6.04 Å². The summed E-state index contributed by atoms with van der Waals surface area (Å²) >= 11 is 0. The number of hydrogen-bond donors (Lipinski definition) is 3. The number of aliphatic imine (C=N–C) groups is 1. The number of halogens is 3. The first-order chi connectivity index (χ1) is 11.8. The van der Waals surface area contributed by atoms with Crippen molar-refractivity contribution in [3.63, 3.8) is 0 Å². The molecule has 0 bridgehead atoms. The summed E-state index contributed by atoms with van der Waals surface area (Å²) in [6, 6.07) is 4.84. The average molecular weight is 359 g/mol. The molecule has 1 saturated carbocycles. The molecule has 0 aromatic heterocycles. The summed E-state index contributed by atoms with van der Waals surface area (Å²) in [5, 5.41) is 13.0. The van der Waals surface area contributed by atoms with Crippen LogP contribution in [0, 0.1) is 0 Å². The van der Waals surface area contributed by atoms with Crippen molar-refractivity contribution in [2.45, 2.75) is 50.4 Å². The van der Waals surface area contributed by atoms with Crippen LogP contribution in [0.4, 0.5) is 13.2 Å². The van der Waals surface area contributed by atoms with Crippen molar-refractivity contribution in [3.8, 4) is 5.75 Å². The smallest absolute Gasteiger partial charge is 0.416 e. The second-order valence-corrected chi connectivity index (χ2v) is 6.20. The number of ether oxygens (including phenoxy) is 1. The minimum atomic E-state index is -4.43. The molecular weight excluding hydrogens is 335 g/mol. The zero-order chi connectivity index (χ0) is 18.3. The largest absolute Gasteiger partial charge is 0.491 e. The Bertz CT molecular complexity index is 573. The first-order valence-corrected chi connectivity index (χ1v) is 8.39. The number of benzene rings is 1. The predicted molar refractivity (Wildman–Crippen MR) is 89.4 cm³/mol. The lowest BCUT2D eigenvalue weighted by atomic mass is 9.96. The molecule has 1 fully saturated rings. The predicted octanol–water partition coefficient (Wildman–Crippen LogP) is 2.68. The van der Waals surface area contributed by atoms with Gasteiger partial charge in [-0.3, -0.25) is 4.99 Å². The highest BCUT2D eigenvalue weighted by atomic mass is 19.4. The van der Waals surface area contributed by atoms with E-state index in [2.05, 4.69) is 10.3 Å². The first-order valence-electron chi connectivity index (χ1n) is 8.39. The Hall–Kier alpha value is -1.96. The van der Waals surface area contributed by atoms with E-state index in [0.29, 0.717) is 6.04 Å². The Balaban J connectivity index is 1.76. The number of hydrogen-bond acceptors (Lipinski definition) is 3. The molecule has 5 nitrogen and oxygen atoms in total. The van der Waals surface area contributed by atoms with Crippen LogP contribution in [0.2, 0.25) is 0 Å². The van der Waals surface area contributed by atoms with E-state index in [1.54, 1.807) is 0 Å². The van der Waals surface area contributed by atoms with Crippen molar-refractivity contribution < 1.29 is 23.0 Å². The molecule has 25 heavy (non-hydrogen) atoms. The number of aliphatic hydroxyl groups is 1. The summed E-state index contributed by atoms with van der Waals surface area (Å²) in [6.45, 7) is -0.147. The average Bonchev–Trinajstić information content (AvgIpc) is 2.58. The maximum Gasteiger partial charge on any atom is 0.416 e. The van der Waals surface area contributed by atoms with Gasteiger partial charge < -0.3 is 20.9 Å². The van der Waals surface area contributed by atoms with Crippen LogP contribution < -0.4 is 15.8 Å². The molecule has 0 spiro atoms. The summed E-state index contributed by atoms with van der Waals surface area (Å²) in [5.74, 6) is 0.316. The van der Waals surface area contributed by atoms with Crippen molar-refractivity contribution in [2.75, 3.05) is 13.2 Å². The van der Waals surface area contributed by atoms with Gasteiger partial charge in [0.2, 0.25) is 0 Å². The quantitative estimate of drug-likeness (QED) is 0.539. The normalized spacial score (nSPS) is 18.0. The zero-order valence-electron chi connectivity index (χ0n) is 13.9. The molecular formula is C17H24F3N3O2. The van der Waals surface area contributed by atoms with Gasteiger partial charge in [-0.25, -0.2) is 0 Å². The fourth-order valence-corrected chi connectivity index (χ4v) is 2.71. The fraction of sp³-hybridized carbons (Fsp3) is 0.588. The number of nitrogens with zero attached hydrogens (tertiary/aromatic N) is 1. The van der Waals surface area contributed by atoms with Gasteiger partial charge in [0.25, 0.3) is 0 Å². The molecule has 8 heteroatoms. The van der Waals surface area contributed by atoms with Crippen molar-refractivity contribution >= 4 is 5.96 Å². The second-order valence-electron chi connectivity index (χ2n) is 6.20. The minimum Gasteiger partial charge on any atom is -0.491 e.